The molecular weight excluding hydrogens is 397 g/mol. The van der Waals surface area contributed by atoms with Gasteiger partial charge in [0, 0.05) is 0 Å². The maximum atomic E-state index is 12.9. The summed E-state index contributed by atoms with van der Waals surface area (Å²) in [4.78, 5) is -0.372. The van der Waals surface area contributed by atoms with Crippen LogP contribution in [-0.2, 0) is 0 Å². The van der Waals surface area contributed by atoms with Crippen LogP contribution < -0.4 is 9.47 Å². The van der Waals surface area contributed by atoms with E-state index in [0.29, 0.717) is 11.5 Å². The van der Waals surface area contributed by atoms with E-state index in [1.165, 1.54) is 48.5 Å². The van der Waals surface area contributed by atoms with Gasteiger partial charge in [0.05, 0.1) is 0 Å². The van der Waals surface area contributed by atoms with Gasteiger partial charge in [-0.3, -0.25) is 0 Å². The third-order valence-electron chi connectivity index (χ3n) is 3.92. The van der Waals surface area contributed by atoms with Crippen molar-refractivity contribution in [2.45, 2.75) is 21.8 Å². The number of hydrogen-bond acceptors (Lipinski definition) is 4. The molecule has 1 saturated heterocycles. The van der Waals surface area contributed by atoms with E-state index in [1.54, 1.807) is 0 Å². The van der Waals surface area contributed by atoms with Gasteiger partial charge in [0.2, 0.25) is 0 Å². The molecule has 1 heterocycles. The molecule has 25 heavy (non-hydrogen) atoms. The molecule has 0 spiro atoms. The van der Waals surface area contributed by atoms with Crippen LogP contribution in [0.25, 0.3) is 0 Å². The van der Waals surface area contributed by atoms with Gasteiger partial charge in [0.25, 0.3) is 0 Å². The SMILES string of the molecule is O[C@H]1[C@H](O)[C@H](COc2ccc(F)cc2)[Se][C@H]1COc1ccc(F)cc1. The molecule has 7 heteroatoms. The number of hydrogen-bond donors (Lipinski definition) is 2. The predicted molar refractivity (Wildman–Crippen MR) is 89.1 cm³/mol. The second-order valence-corrected chi connectivity index (χ2v) is 8.84. The third kappa shape index (κ3) is 4.70. The van der Waals surface area contributed by atoms with Gasteiger partial charge in [0.15, 0.2) is 0 Å². The summed E-state index contributed by atoms with van der Waals surface area (Å²) in [5, 5.41) is 20.4. The molecule has 2 aromatic carbocycles. The van der Waals surface area contributed by atoms with Crippen LogP contribution in [0.4, 0.5) is 8.78 Å². The van der Waals surface area contributed by atoms with Crippen LogP contribution in [0.1, 0.15) is 0 Å². The van der Waals surface area contributed by atoms with Gasteiger partial charge in [-0.25, -0.2) is 0 Å². The molecule has 4 atom stereocenters. The summed E-state index contributed by atoms with van der Waals surface area (Å²) < 4.78 is 36.9. The number of aliphatic hydroxyl groups excluding tert-OH is 2. The Labute approximate surface area is 150 Å². The summed E-state index contributed by atoms with van der Waals surface area (Å²) >= 11 is -0.0983. The molecule has 1 fully saturated rings. The Hall–Kier alpha value is -1.66. The number of rotatable bonds is 6. The molecule has 0 bridgehead atoms. The molecule has 0 saturated carbocycles. The van der Waals surface area contributed by atoms with Crippen molar-refractivity contribution in [3.63, 3.8) is 0 Å². The summed E-state index contributed by atoms with van der Waals surface area (Å²) in [6, 6.07) is 11.3. The van der Waals surface area contributed by atoms with Crippen molar-refractivity contribution in [3.05, 3.63) is 60.2 Å². The first-order valence-corrected chi connectivity index (χ1v) is 9.79. The van der Waals surface area contributed by atoms with Gasteiger partial charge in [-0.1, -0.05) is 0 Å². The van der Waals surface area contributed by atoms with Crippen molar-refractivity contribution in [2.75, 3.05) is 13.2 Å². The van der Waals surface area contributed by atoms with Gasteiger partial charge in [-0.05, 0) is 0 Å². The minimum atomic E-state index is -0.887. The summed E-state index contributed by atoms with van der Waals surface area (Å²) in [6.45, 7) is 0.494. The molecule has 3 rings (SSSR count). The second-order valence-electron chi connectivity index (χ2n) is 5.72. The molecule has 2 N–H and O–H groups in total. The quantitative estimate of drug-likeness (QED) is 0.712. The van der Waals surface area contributed by atoms with E-state index in [9.17, 15) is 19.0 Å². The Morgan fingerprint density at radius 1 is 0.720 bits per heavy atom. The fourth-order valence-electron chi connectivity index (χ4n) is 2.52. The molecule has 1 aliphatic heterocycles. The summed E-state index contributed by atoms with van der Waals surface area (Å²) in [5.74, 6) is 0.353. The summed E-state index contributed by atoms with van der Waals surface area (Å²) in [7, 11) is 0. The summed E-state index contributed by atoms with van der Waals surface area (Å²) in [5.41, 5.74) is 0. The van der Waals surface area contributed by atoms with Gasteiger partial charge >= 0.3 is 150 Å². The Kier molecular flexibility index (Phi) is 5.91. The van der Waals surface area contributed by atoms with E-state index in [4.69, 9.17) is 9.47 Å². The summed E-state index contributed by atoms with van der Waals surface area (Å²) in [6.07, 6.45) is -1.77. The number of ether oxygens (including phenoxy) is 2. The van der Waals surface area contributed by atoms with Crippen molar-refractivity contribution in [3.8, 4) is 11.5 Å². The molecule has 2 aromatic rings. The van der Waals surface area contributed by atoms with Crippen molar-refractivity contribution in [2.24, 2.45) is 0 Å². The van der Waals surface area contributed by atoms with Crippen LogP contribution in [0.15, 0.2) is 48.5 Å². The van der Waals surface area contributed by atoms with E-state index < -0.39 is 12.2 Å². The average Bonchev–Trinajstić information content (AvgIpc) is 2.89. The number of benzene rings is 2. The zero-order valence-corrected chi connectivity index (χ0v) is 14.9. The Bertz CT molecular complexity index is 621. The zero-order valence-electron chi connectivity index (χ0n) is 13.2. The van der Waals surface area contributed by atoms with Crippen LogP contribution in [0, 0.1) is 11.6 Å². The normalized spacial score (nSPS) is 25.8. The van der Waals surface area contributed by atoms with Crippen molar-refractivity contribution in [1.82, 2.24) is 0 Å². The van der Waals surface area contributed by atoms with Gasteiger partial charge in [-0.2, -0.15) is 0 Å². The molecule has 134 valence electrons. The molecular formula is C18H18F2O4Se. The van der Waals surface area contributed by atoms with E-state index in [-0.39, 0.29) is 49.4 Å². The van der Waals surface area contributed by atoms with Crippen molar-refractivity contribution in [1.29, 1.82) is 0 Å². The number of aliphatic hydroxyl groups is 2. The first kappa shape index (κ1) is 18.1. The first-order valence-electron chi connectivity index (χ1n) is 7.81. The zero-order chi connectivity index (χ0) is 17.8. The second kappa shape index (κ2) is 8.15. The van der Waals surface area contributed by atoms with Crippen LogP contribution in [0.3, 0.4) is 0 Å². The Morgan fingerprint density at radius 3 is 1.44 bits per heavy atom. The van der Waals surface area contributed by atoms with Gasteiger partial charge in [0.1, 0.15) is 0 Å². The fraction of sp³-hybridized carbons (Fsp3) is 0.333. The predicted octanol–water partition coefficient (Wildman–Crippen LogP) is 2.44. The van der Waals surface area contributed by atoms with Crippen molar-refractivity contribution >= 4 is 15.0 Å². The van der Waals surface area contributed by atoms with Crippen LogP contribution >= 0.6 is 0 Å². The minimum absolute atomic E-state index is 0.0983. The fourth-order valence-corrected chi connectivity index (χ4v) is 5.43. The van der Waals surface area contributed by atoms with Gasteiger partial charge < -0.3 is 0 Å². The average molecular weight is 415 g/mol. The molecule has 0 amide bonds. The standard InChI is InChI=1S/C18H18F2O4Se/c19-11-1-5-13(6-2-11)23-9-15-17(21)18(22)16(25-15)10-24-14-7-3-12(20)4-8-14/h1-8,15-18,21-22H,9-10H2/t15-,16-,17+,18+/m0/s1. The molecule has 1 aliphatic rings. The molecule has 4 nitrogen and oxygen atoms in total. The molecule has 0 unspecified atom stereocenters. The van der Waals surface area contributed by atoms with E-state index >= 15 is 0 Å². The topological polar surface area (TPSA) is 58.9 Å². The van der Waals surface area contributed by atoms with E-state index in [1.807, 2.05) is 0 Å². The maximum absolute atomic E-state index is 12.9. The monoisotopic (exact) mass is 416 g/mol. The molecule has 0 aromatic heterocycles. The molecule has 0 aliphatic carbocycles. The van der Waals surface area contributed by atoms with Gasteiger partial charge in [-0.15, -0.1) is 0 Å². The first-order chi connectivity index (χ1) is 12.0. The Balaban J connectivity index is 1.51. The van der Waals surface area contributed by atoms with Crippen LogP contribution in [-0.4, -0.2) is 50.6 Å². The van der Waals surface area contributed by atoms with Crippen LogP contribution in [0.2, 0.25) is 9.63 Å². The number of halogens is 2. The van der Waals surface area contributed by atoms with Crippen molar-refractivity contribution < 1.29 is 28.5 Å². The van der Waals surface area contributed by atoms with E-state index in [2.05, 4.69) is 0 Å². The van der Waals surface area contributed by atoms with E-state index in [0.717, 1.165) is 0 Å². The third-order valence-corrected chi connectivity index (χ3v) is 7.13. The molecule has 0 radical (unpaired) electrons. The Morgan fingerprint density at radius 2 is 1.08 bits per heavy atom. The van der Waals surface area contributed by atoms with Crippen LogP contribution in [0.5, 0.6) is 11.5 Å².